The number of carbonyl (C=O) groups excluding carboxylic acids is 3. The molecule has 0 aromatic heterocycles. The van der Waals surface area contributed by atoms with E-state index in [-0.39, 0.29) is 24.8 Å². The van der Waals surface area contributed by atoms with E-state index in [1.54, 1.807) is 67.8 Å². The maximum Gasteiger partial charge on any atom is 0.258 e. The molecule has 2 N–H and O–H groups in total. The minimum atomic E-state index is -0.434. The predicted octanol–water partition coefficient (Wildman–Crippen LogP) is 3.39. The van der Waals surface area contributed by atoms with Crippen LogP contribution in [-0.4, -0.2) is 37.9 Å². The molecule has 0 radical (unpaired) electrons. The van der Waals surface area contributed by atoms with Crippen LogP contribution in [0.1, 0.15) is 21.5 Å². The zero-order valence-electron chi connectivity index (χ0n) is 18.0. The molecule has 2 amide bonds. The Morgan fingerprint density at radius 1 is 0.758 bits per heavy atom. The zero-order valence-corrected chi connectivity index (χ0v) is 18.7. The summed E-state index contributed by atoms with van der Waals surface area (Å²) in [7, 11) is 1.59. The quantitative estimate of drug-likeness (QED) is 0.447. The van der Waals surface area contributed by atoms with E-state index in [0.29, 0.717) is 28.4 Å². The Balaban J connectivity index is 1.38. The normalized spacial score (nSPS) is 10.2. The predicted molar refractivity (Wildman–Crippen MR) is 125 cm³/mol. The van der Waals surface area contributed by atoms with Crippen molar-refractivity contribution in [3.8, 4) is 11.5 Å². The van der Waals surface area contributed by atoms with Crippen molar-refractivity contribution in [2.45, 2.75) is 6.54 Å². The molecule has 0 aliphatic heterocycles. The van der Waals surface area contributed by atoms with Crippen LogP contribution in [0, 0.1) is 0 Å². The molecule has 0 unspecified atom stereocenters. The van der Waals surface area contributed by atoms with Crippen LogP contribution < -0.4 is 20.1 Å². The van der Waals surface area contributed by atoms with Gasteiger partial charge in [-0.05, 0) is 66.2 Å². The molecule has 170 valence electrons. The van der Waals surface area contributed by atoms with Crippen molar-refractivity contribution in [2.24, 2.45) is 0 Å². The fourth-order valence-electron chi connectivity index (χ4n) is 2.86. The van der Waals surface area contributed by atoms with Crippen LogP contribution in [0.4, 0.5) is 0 Å². The van der Waals surface area contributed by atoms with E-state index in [4.69, 9.17) is 21.1 Å². The summed E-state index contributed by atoms with van der Waals surface area (Å²) in [4.78, 5) is 36.3. The highest BCUT2D eigenvalue weighted by molar-refractivity contribution is 6.30. The van der Waals surface area contributed by atoms with Crippen molar-refractivity contribution in [3.63, 3.8) is 0 Å². The van der Waals surface area contributed by atoms with Gasteiger partial charge in [0.25, 0.3) is 5.91 Å². The summed E-state index contributed by atoms with van der Waals surface area (Å²) in [5.74, 6) is 0.277. The van der Waals surface area contributed by atoms with Crippen molar-refractivity contribution in [3.05, 3.63) is 94.5 Å². The lowest BCUT2D eigenvalue weighted by Gasteiger charge is -2.09. The van der Waals surface area contributed by atoms with Crippen LogP contribution in [0.3, 0.4) is 0 Å². The van der Waals surface area contributed by atoms with Gasteiger partial charge >= 0.3 is 0 Å². The lowest BCUT2D eigenvalue weighted by molar-refractivity contribution is -0.127. The van der Waals surface area contributed by atoms with Crippen molar-refractivity contribution in [1.29, 1.82) is 0 Å². The number of hydrogen-bond acceptors (Lipinski definition) is 5. The molecule has 3 aromatic carbocycles. The van der Waals surface area contributed by atoms with Crippen molar-refractivity contribution in [1.82, 2.24) is 10.6 Å². The highest BCUT2D eigenvalue weighted by Crippen LogP contribution is 2.17. The van der Waals surface area contributed by atoms with Gasteiger partial charge in [-0.1, -0.05) is 23.7 Å². The van der Waals surface area contributed by atoms with E-state index in [9.17, 15) is 14.4 Å². The Hall–Kier alpha value is -3.84. The number of rotatable bonds is 10. The van der Waals surface area contributed by atoms with Crippen LogP contribution in [0.25, 0.3) is 0 Å². The minimum absolute atomic E-state index is 0.142. The van der Waals surface area contributed by atoms with Gasteiger partial charge in [-0.3, -0.25) is 14.4 Å². The molecule has 0 heterocycles. The average molecular weight is 467 g/mol. The number of amides is 2. The van der Waals surface area contributed by atoms with E-state index in [2.05, 4.69) is 10.6 Å². The maximum absolute atomic E-state index is 12.5. The van der Waals surface area contributed by atoms with Gasteiger partial charge in [0.15, 0.2) is 12.4 Å². The molecule has 3 aromatic rings. The highest BCUT2D eigenvalue weighted by atomic mass is 35.5. The molecule has 0 saturated carbocycles. The van der Waals surface area contributed by atoms with Gasteiger partial charge in [0, 0.05) is 22.7 Å². The number of halogens is 1. The fraction of sp³-hybridized carbons (Fsp3) is 0.160. The van der Waals surface area contributed by atoms with Gasteiger partial charge in [-0.25, -0.2) is 0 Å². The van der Waals surface area contributed by atoms with Crippen molar-refractivity contribution in [2.75, 3.05) is 20.3 Å². The first-order chi connectivity index (χ1) is 15.9. The van der Waals surface area contributed by atoms with Crippen molar-refractivity contribution < 1.29 is 23.9 Å². The number of nitrogens with one attached hydrogen (secondary N) is 2. The zero-order chi connectivity index (χ0) is 23.6. The number of hydrogen-bond donors (Lipinski definition) is 2. The second-order valence-electron chi connectivity index (χ2n) is 7.05. The summed E-state index contributed by atoms with van der Waals surface area (Å²) >= 11 is 5.85. The third-order valence-corrected chi connectivity index (χ3v) is 4.94. The number of methoxy groups -OCH3 is 1. The van der Waals surface area contributed by atoms with E-state index in [1.807, 2.05) is 12.1 Å². The van der Waals surface area contributed by atoms with E-state index in [0.717, 1.165) is 11.3 Å². The second-order valence-corrected chi connectivity index (χ2v) is 7.49. The van der Waals surface area contributed by atoms with Crippen LogP contribution in [0.2, 0.25) is 5.02 Å². The first-order valence-corrected chi connectivity index (χ1v) is 10.5. The molecule has 3 rings (SSSR count). The Morgan fingerprint density at radius 3 is 1.94 bits per heavy atom. The summed E-state index contributed by atoms with van der Waals surface area (Å²) < 4.78 is 10.5. The first kappa shape index (κ1) is 23.8. The third-order valence-electron chi connectivity index (χ3n) is 4.69. The summed E-state index contributed by atoms with van der Waals surface area (Å²) in [5.41, 5.74) is 1.93. The highest BCUT2D eigenvalue weighted by Gasteiger charge is 2.10. The Labute approximate surface area is 196 Å². The van der Waals surface area contributed by atoms with Gasteiger partial charge in [0.2, 0.25) is 5.91 Å². The molecule has 0 atom stereocenters. The van der Waals surface area contributed by atoms with Crippen LogP contribution in [0.5, 0.6) is 11.5 Å². The van der Waals surface area contributed by atoms with Gasteiger partial charge in [-0.15, -0.1) is 0 Å². The lowest BCUT2D eigenvalue weighted by Crippen LogP contribution is -2.38. The molecule has 7 nitrogen and oxygen atoms in total. The largest absolute Gasteiger partial charge is 0.497 e. The van der Waals surface area contributed by atoms with Crippen LogP contribution in [0.15, 0.2) is 72.8 Å². The molecular weight excluding hydrogens is 444 g/mol. The van der Waals surface area contributed by atoms with Gasteiger partial charge in [-0.2, -0.15) is 0 Å². The smallest absolute Gasteiger partial charge is 0.258 e. The molecule has 0 aliphatic carbocycles. The summed E-state index contributed by atoms with van der Waals surface area (Å²) in [6.45, 7) is -0.0700. The van der Waals surface area contributed by atoms with Crippen molar-refractivity contribution >= 4 is 29.2 Å². The fourth-order valence-corrected chi connectivity index (χ4v) is 2.98. The maximum atomic E-state index is 12.5. The molecule has 0 bridgehead atoms. The van der Waals surface area contributed by atoms with Crippen LogP contribution in [-0.2, 0) is 16.1 Å². The molecule has 0 aliphatic rings. The molecule has 8 heteroatoms. The minimum Gasteiger partial charge on any atom is -0.497 e. The number of benzene rings is 3. The standard InChI is InChI=1S/C25H23ClN2O5/c1-32-21-10-2-17(3-11-21)14-27-23(29)15-28-24(30)16-33-22-12-6-19(7-13-22)25(31)18-4-8-20(26)9-5-18/h2-13H,14-16H2,1H3,(H,27,29)(H,28,30). The summed E-state index contributed by atoms with van der Waals surface area (Å²) in [6.07, 6.45) is 0. The monoisotopic (exact) mass is 466 g/mol. The van der Waals surface area contributed by atoms with E-state index in [1.165, 1.54) is 0 Å². The topological polar surface area (TPSA) is 93.7 Å². The Morgan fingerprint density at radius 2 is 1.33 bits per heavy atom. The lowest BCUT2D eigenvalue weighted by atomic mass is 10.0. The third kappa shape index (κ3) is 7.36. The Bertz CT molecular complexity index is 1100. The molecule has 0 saturated heterocycles. The number of ketones is 1. The number of ether oxygens (including phenoxy) is 2. The summed E-state index contributed by atoms with van der Waals surface area (Å²) in [6, 6.07) is 20.4. The molecular formula is C25H23ClN2O5. The summed E-state index contributed by atoms with van der Waals surface area (Å²) in [5, 5.41) is 5.78. The van der Waals surface area contributed by atoms with E-state index >= 15 is 0 Å². The molecule has 0 spiro atoms. The Kier molecular flexibility index (Phi) is 8.43. The van der Waals surface area contributed by atoms with Crippen LogP contribution >= 0.6 is 11.6 Å². The first-order valence-electron chi connectivity index (χ1n) is 10.1. The van der Waals surface area contributed by atoms with Gasteiger partial charge in [0.05, 0.1) is 13.7 Å². The molecule has 0 fully saturated rings. The molecule has 33 heavy (non-hydrogen) atoms. The van der Waals surface area contributed by atoms with E-state index < -0.39 is 5.91 Å². The van der Waals surface area contributed by atoms with Gasteiger partial charge in [0.1, 0.15) is 11.5 Å². The number of carbonyl (C=O) groups is 3. The average Bonchev–Trinajstić information content (AvgIpc) is 2.85. The SMILES string of the molecule is COc1ccc(CNC(=O)CNC(=O)COc2ccc(C(=O)c3ccc(Cl)cc3)cc2)cc1. The second kappa shape index (κ2) is 11.7. The van der Waals surface area contributed by atoms with Gasteiger partial charge < -0.3 is 20.1 Å².